The third-order valence-electron chi connectivity index (χ3n) is 0. The van der Waals surface area contributed by atoms with Crippen molar-refractivity contribution in [3.05, 3.63) is 0 Å². The van der Waals surface area contributed by atoms with Crippen molar-refractivity contribution in [3.8, 4) is 0 Å². The Morgan fingerprint density at radius 2 is 1.25 bits per heavy atom. The largest absolute Gasteiger partial charge is 0.0743 e. The molecule has 0 heterocycles. The maximum atomic E-state index is 2.21. The monoisotopic (exact) mass is 115 g/mol. The summed E-state index contributed by atoms with van der Waals surface area (Å²) < 4.78 is 0. The van der Waals surface area contributed by atoms with Crippen LogP contribution in [0.1, 0.15) is 0 Å². The van der Waals surface area contributed by atoms with E-state index in [4.69, 9.17) is 0 Å². The van der Waals surface area contributed by atoms with Crippen LogP contribution < -0.4 is 0 Å². The van der Waals surface area contributed by atoms with E-state index < -0.39 is 0 Å². The second-order valence-electron chi connectivity index (χ2n) is 0.577. The Morgan fingerprint density at radius 3 is 1.25 bits per heavy atom. The van der Waals surface area contributed by atoms with Crippen LogP contribution in [0.5, 0.6) is 0 Å². The molecule has 0 spiro atoms. The van der Waals surface area contributed by atoms with E-state index in [1.807, 2.05) is 0 Å². The first-order chi connectivity index (χ1) is 1.41. The van der Waals surface area contributed by atoms with Crippen molar-refractivity contribution < 1.29 is 17.1 Å². The molecule has 0 unspecified atom stereocenters. The smallest absolute Gasteiger partial charge is 0.0213 e. The van der Waals surface area contributed by atoms with E-state index in [0.29, 0.717) is 0 Å². The van der Waals surface area contributed by atoms with E-state index in [0.717, 1.165) is 9.52 Å². The molecule has 0 rings (SSSR count). The number of hydrogen-bond donors (Lipinski definition) is 0. The molecule has 27 valence electrons. The third-order valence-corrected chi connectivity index (χ3v) is 0. The first kappa shape index (κ1) is 8.83. The molecular weight excluding hydrogens is 108 g/mol. The Hall–Kier alpha value is 0.736. The van der Waals surface area contributed by atoms with Crippen molar-refractivity contribution in [1.29, 1.82) is 0 Å². The Bertz CT molecular complexity index is 6.00. The molecule has 0 aromatic carbocycles. The van der Waals surface area contributed by atoms with Crippen molar-refractivity contribution in [1.82, 2.24) is 0 Å². The minimum atomic E-state index is 0. The summed E-state index contributed by atoms with van der Waals surface area (Å²) in [5.41, 5.74) is 0. The SMILES string of the molecule is C[SiH]C.[Fe]. The molecule has 0 saturated heterocycles. The summed E-state index contributed by atoms with van der Waals surface area (Å²) in [5.74, 6) is 0. The van der Waals surface area contributed by atoms with Gasteiger partial charge in [0.2, 0.25) is 0 Å². The second-order valence-corrected chi connectivity index (χ2v) is 1.73. The van der Waals surface area contributed by atoms with Crippen LogP contribution in [-0.4, -0.2) is 9.52 Å². The summed E-state index contributed by atoms with van der Waals surface area (Å²) in [6.07, 6.45) is 0. The standard InChI is InChI=1S/C2H7Si.Fe/c1-3-2;/h3H,1-2H3;. The van der Waals surface area contributed by atoms with E-state index in [1.165, 1.54) is 0 Å². The topological polar surface area (TPSA) is 0 Å². The van der Waals surface area contributed by atoms with Gasteiger partial charge in [0.1, 0.15) is 0 Å². The van der Waals surface area contributed by atoms with Crippen LogP contribution in [0.3, 0.4) is 0 Å². The third kappa shape index (κ3) is 15.2. The molecule has 4 heavy (non-hydrogen) atoms. The predicted molar refractivity (Wildman–Crippen MR) is 18.9 cm³/mol. The Kier molecular flexibility index (Phi) is 20.5. The van der Waals surface area contributed by atoms with Gasteiger partial charge in [-0.25, -0.2) is 0 Å². The van der Waals surface area contributed by atoms with Gasteiger partial charge in [-0.2, -0.15) is 0 Å². The molecule has 0 nitrogen and oxygen atoms in total. The molecule has 0 aliphatic carbocycles. The Labute approximate surface area is 40.3 Å². The average molecular weight is 115 g/mol. The Morgan fingerprint density at radius 1 is 1.25 bits per heavy atom. The van der Waals surface area contributed by atoms with Crippen molar-refractivity contribution in [2.24, 2.45) is 0 Å². The molecule has 0 aromatic rings. The quantitative estimate of drug-likeness (QED) is 0.403. The van der Waals surface area contributed by atoms with E-state index in [-0.39, 0.29) is 17.1 Å². The van der Waals surface area contributed by atoms with E-state index in [1.54, 1.807) is 0 Å². The summed E-state index contributed by atoms with van der Waals surface area (Å²) >= 11 is 0. The first-order valence-electron chi connectivity index (χ1n) is 1.15. The summed E-state index contributed by atoms with van der Waals surface area (Å²) in [6, 6.07) is 0. The van der Waals surface area contributed by atoms with Crippen LogP contribution in [0.25, 0.3) is 0 Å². The van der Waals surface area contributed by atoms with Crippen LogP contribution in [-0.2, 0) is 17.1 Å². The summed E-state index contributed by atoms with van der Waals surface area (Å²) in [5, 5.41) is 0. The summed E-state index contributed by atoms with van der Waals surface area (Å²) in [4.78, 5) is 0. The van der Waals surface area contributed by atoms with Gasteiger partial charge < -0.3 is 0 Å². The fourth-order valence-electron chi connectivity index (χ4n) is 0. The molecule has 1 radical (unpaired) electrons. The van der Waals surface area contributed by atoms with Gasteiger partial charge in [-0.15, -0.1) is 0 Å². The van der Waals surface area contributed by atoms with Crippen molar-refractivity contribution >= 4 is 9.52 Å². The summed E-state index contributed by atoms with van der Waals surface area (Å²) in [6.45, 7) is 4.42. The van der Waals surface area contributed by atoms with Gasteiger partial charge in [-0.3, -0.25) is 0 Å². The molecule has 2 heteroatoms. The van der Waals surface area contributed by atoms with E-state index in [9.17, 15) is 0 Å². The molecule has 0 atom stereocenters. The fraction of sp³-hybridized carbons (Fsp3) is 1.00. The molecule has 0 N–H and O–H groups in total. The minimum Gasteiger partial charge on any atom is -0.0743 e. The summed E-state index contributed by atoms with van der Waals surface area (Å²) in [7, 11) is 0.750. The number of rotatable bonds is 0. The van der Waals surface area contributed by atoms with Gasteiger partial charge >= 0.3 is 0 Å². The van der Waals surface area contributed by atoms with Gasteiger partial charge in [-0.05, 0) is 0 Å². The van der Waals surface area contributed by atoms with Gasteiger partial charge in [0, 0.05) is 26.6 Å². The molecular formula is C2H7FeSi. The van der Waals surface area contributed by atoms with Crippen LogP contribution >= 0.6 is 0 Å². The maximum Gasteiger partial charge on any atom is 0.0213 e. The zero-order valence-electron chi connectivity index (χ0n) is 2.93. The van der Waals surface area contributed by atoms with E-state index >= 15 is 0 Å². The molecule has 0 aliphatic heterocycles. The zero-order chi connectivity index (χ0) is 2.71. The van der Waals surface area contributed by atoms with Crippen molar-refractivity contribution in [2.45, 2.75) is 13.1 Å². The van der Waals surface area contributed by atoms with Gasteiger partial charge in [0.05, 0.1) is 0 Å². The van der Waals surface area contributed by atoms with Crippen LogP contribution in [0.4, 0.5) is 0 Å². The van der Waals surface area contributed by atoms with Gasteiger partial charge in [-0.1, -0.05) is 13.1 Å². The minimum absolute atomic E-state index is 0. The van der Waals surface area contributed by atoms with Gasteiger partial charge in [0.25, 0.3) is 0 Å². The second kappa shape index (κ2) is 9.28. The van der Waals surface area contributed by atoms with Gasteiger partial charge in [0.15, 0.2) is 0 Å². The molecule has 0 saturated carbocycles. The molecule has 0 fully saturated rings. The first-order valence-corrected chi connectivity index (χ1v) is 3.46. The zero-order valence-corrected chi connectivity index (χ0v) is 5.19. The van der Waals surface area contributed by atoms with Crippen LogP contribution in [0.15, 0.2) is 0 Å². The molecule has 0 amide bonds. The predicted octanol–water partition coefficient (Wildman–Crippen LogP) is 0.517. The molecule has 0 bridgehead atoms. The Balaban J connectivity index is 0. The van der Waals surface area contributed by atoms with Crippen molar-refractivity contribution in [3.63, 3.8) is 0 Å². The molecule has 0 aromatic heterocycles. The fourth-order valence-corrected chi connectivity index (χ4v) is 0. The van der Waals surface area contributed by atoms with Crippen LogP contribution in [0.2, 0.25) is 13.1 Å². The van der Waals surface area contributed by atoms with Crippen molar-refractivity contribution in [2.75, 3.05) is 0 Å². The maximum absolute atomic E-state index is 2.21. The van der Waals surface area contributed by atoms with Crippen LogP contribution in [0, 0.1) is 0 Å². The number of hydrogen-bond acceptors (Lipinski definition) is 0. The average Bonchev–Trinajstić information content (AvgIpc) is 0.918. The normalized spacial score (nSPS) is 4.50. The molecule has 0 aliphatic rings. The van der Waals surface area contributed by atoms with E-state index in [2.05, 4.69) is 13.1 Å².